The molecule has 0 saturated heterocycles. The topological polar surface area (TPSA) is 3.24 Å². The van der Waals surface area contributed by atoms with Crippen LogP contribution in [0.2, 0.25) is 0 Å². The van der Waals surface area contributed by atoms with Gasteiger partial charge in [-0.15, -0.1) is 0 Å². The Kier molecular flexibility index (Phi) is 7.38. The molecule has 0 aliphatic carbocycles. The van der Waals surface area contributed by atoms with Gasteiger partial charge in [0, 0.05) is 18.3 Å². The van der Waals surface area contributed by atoms with Gasteiger partial charge in [0.1, 0.15) is 5.82 Å². The number of rotatable bonds is 8. The minimum atomic E-state index is -0.113. The van der Waals surface area contributed by atoms with Gasteiger partial charge < -0.3 is 4.90 Å². The zero-order valence-corrected chi connectivity index (χ0v) is 15.4. The van der Waals surface area contributed by atoms with Gasteiger partial charge in [-0.25, -0.2) is 4.39 Å². The number of hydrogen-bond donors (Lipinski definition) is 0. The number of aryl methyl sites for hydroxylation is 1. The van der Waals surface area contributed by atoms with Gasteiger partial charge in [-0.3, -0.25) is 0 Å². The van der Waals surface area contributed by atoms with Crippen LogP contribution in [-0.4, -0.2) is 12.6 Å². The van der Waals surface area contributed by atoms with E-state index in [1.165, 1.54) is 25.7 Å². The molecule has 0 radical (unpaired) electrons. The molecule has 0 aliphatic rings. The van der Waals surface area contributed by atoms with Crippen LogP contribution in [0.3, 0.4) is 0 Å². The van der Waals surface area contributed by atoms with Gasteiger partial charge in [0.2, 0.25) is 0 Å². The zero-order chi connectivity index (χ0) is 16.8. The molecule has 22 heavy (non-hydrogen) atoms. The maximum Gasteiger partial charge on any atom is 0.126 e. The molecule has 0 saturated carbocycles. The van der Waals surface area contributed by atoms with E-state index in [2.05, 4.69) is 39.5 Å². The Bertz CT molecular complexity index is 448. The summed E-state index contributed by atoms with van der Waals surface area (Å²) in [5.41, 5.74) is 2.21. The van der Waals surface area contributed by atoms with Crippen molar-refractivity contribution in [2.24, 2.45) is 5.41 Å². The SMILES string of the molecule is CCCCCC(C)N(CCC(C)(C)C)c1ccc(F)c(C)c1. The van der Waals surface area contributed by atoms with Gasteiger partial charge in [0.25, 0.3) is 0 Å². The first-order valence-electron chi connectivity index (χ1n) is 8.77. The molecule has 1 nitrogen and oxygen atoms in total. The highest BCUT2D eigenvalue weighted by atomic mass is 19.1. The van der Waals surface area contributed by atoms with Crippen molar-refractivity contribution in [1.82, 2.24) is 0 Å². The number of anilines is 1. The van der Waals surface area contributed by atoms with Gasteiger partial charge in [0.05, 0.1) is 0 Å². The lowest BCUT2D eigenvalue weighted by atomic mass is 9.91. The molecule has 0 bridgehead atoms. The second-order valence-electron chi connectivity index (χ2n) is 7.78. The molecule has 1 unspecified atom stereocenters. The number of unbranched alkanes of at least 4 members (excludes halogenated alkanes) is 2. The standard InChI is InChI=1S/C20H34FN/c1-7-8-9-10-17(3)22(14-13-20(4,5)6)18-11-12-19(21)16(2)15-18/h11-12,15,17H,7-10,13-14H2,1-6H3. The molecule has 1 rings (SSSR count). The first-order chi connectivity index (χ1) is 10.2. The number of hydrogen-bond acceptors (Lipinski definition) is 1. The van der Waals surface area contributed by atoms with E-state index in [9.17, 15) is 4.39 Å². The third-order valence-electron chi connectivity index (χ3n) is 4.33. The average Bonchev–Trinajstić information content (AvgIpc) is 2.42. The number of benzene rings is 1. The third-order valence-corrected chi connectivity index (χ3v) is 4.33. The van der Waals surface area contributed by atoms with Crippen molar-refractivity contribution >= 4 is 5.69 Å². The van der Waals surface area contributed by atoms with Crippen molar-refractivity contribution < 1.29 is 4.39 Å². The van der Waals surface area contributed by atoms with Crippen LogP contribution in [0.15, 0.2) is 18.2 Å². The lowest BCUT2D eigenvalue weighted by molar-refractivity contribution is 0.370. The van der Waals surface area contributed by atoms with E-state index in [0.717, 1.165) is 24.2 Å². The molecule has 0 heterocycles. The van der Waals surface area contributed by atoms with Crippen molar-refractivity contribution in [2.75, 3.05) is 11.4 Å². The monoisotopic (exact) mass is 307 g/mol. The van der Waals surface area contributed by atoms with Crippen molar-refractivity contribution in [3.05, 3.63) is 29.6 Å². The van der Waals surface area contributed by atoms with Crippen molar-refractivity contribution in [2.45, 2.75) is 79.7 Å². The third kappa shape index (κ3) is 6.37. The highest BCUT2D eigenvalue weighted by Crippen LogP contribution is 2.26. The first kappa shape index (κ1) is 19.0. The summed E-state index contributed by atoms with van der Waals surface area (Å²) in [6.07, 6.45) is 6.16. The zero-order valence-electron chi connectivity index (χ0n) is 15.4. The van der Waals surface area contributed by atoms with Crippen LogP contribution in [0.1, 0.15) is 72.3 Å². The summed E-state index contributed by atoms with van der Waals surface area (Å²) < 4.78 is 13.6. The van der Waals surface area contributed by atoms with Crippen molar-refractivity contribution in [3.63, 3.8) is 0 Å². The van der Waals surface area contributed by atoms with Crippen LogP contribution in [0.25, 0.3) is 0 Å². The quantitative estimate of drug-likeness (QED) is 0.506. The molecule has 0 N–H and O–H groups in total. The molecule has 1 aromatic rings. The van der Waals surface area contributed by atoms with E-state index >= 15 is 0 Å². The highest BCUT2D eigenvalue weighted by Gasteiger charge is 2.18. The highest BCUT2D eigenvalue weighted by molar-refractivity contribution is 5.49. The van der Waals surface area contributed by atoms with E-state index < -0.39 is 0 Å². The summed E-state index contributed by atoms with van der Waals surface area (Å²) in [4.78, 5) is 2.47. The van der Waals surface area contributed by atoms with Crippen LogP contribution >= 0.6 is 0 Å². The smallest absolute Gasteiger partial charge is 0.126 e. The molecule has 0 fully saturated rings. The second kappa shape index (κ2) is 8.55. The molecular formula is C20H34FN. The van der Waals surface area contributed by atoms with Gasteiger partial charge in [-0.2, -0.15) is 0 Å². The summed E-state index contributed by atoms with van der Waals surface area (Å²) in [5.74, 6) is -0.113. The van der Waals surface area contributed by atoms with Crippen molar-refractivity contribution in [1.29, 1.82) is 0 Å². The molecule has 126 valence electrons. The minimum Gasteiger partial charge on any atom is -0.369 e. The fourth-order valence-electron chi connectivity index (χ4n) is 2.71. The van der Waals surface area contributed by atoms with E-state index in [-0.39, 0.29) is 5.82 Å². The Hall–Kier alpha value is -1.05. The van der Waals surface area contributed by atoms with Crippen LogP contribution in [-0.2, 0) is 0 Å². The lowest BCUT2D eigenvalue weighted by Gasteiger charge is -2.34. The summed E-state index contributed by atoms with van der Waals surface area (Å²) in [6, 6.07) is 6.03. The predicted octanol–water partition coefficient (Wildman–Crippen LogP) is 6.35. The van der Waals surface area contributed by atoms with E-state index in [1.807, 2.05) is 19.1 Å². The molecule has 0 spiro atoms. The van der Waals surface area contributed by atoms with Gasteiger partial charge in [0.15, 0.2) is 0 Å². The number of halogens is 1. The molecule has 2 heteroatoms. The van der Waals surface area contributed by atoms with Gasteiger partial charge >= 0.3 is 0 Å². The van der Waals surface area contributed by atoms with E-state index in [4.69, 9.17) is 0 Å². The molecule has 0 aromatic heterocycles. The minimum absolute atomic E-state index is 0.113. The molecule has 1 atom stereocenters. The maximum absolute atomic E-state index is 13.6. The molecule has 0 amide bonds. The Morgan fingerprint density at radius 1 is 1.18 bits per heavy atom. The van der Waals surface area contributed by atoms with E-state index in [0.29, 0.717) is 11.5 Å². The Morgan fingerprint density at radius 2 is 1.86 bits per heavy atom. The van der Waals surface area contributed by atoms with Gasteiger partial charge in [-0.1, -0.05) is 47.0 Å². The fraction of sp³-hybridized carbons (Fsp3) is 0.700. The lowest BCUT2D eigenvalue weighted by Crippen LogP contribution is -2.35. The summed E-state index contributed by atoms with van der Waals surface area (Å²) in [7, 11) is 0. The maximum atomic E-state index is 13.6. The molecule has 1 aromatic carbocycles. The Balaban J connectivity index is 2.86. The van der Waals surface area contributed by atoms with Crippen LogP contribution in [0.4, 0.5) is 10.1 Å². The largest absolute Gasteiger partial charge is 0.369 e. The van der Waals surface area contributed by atoms with Crippen LogP contribution in [0.5, 0.6) is 0 Å². The Labute approximate surface area is 136 Å². The Morgan fingerprint density at radius 3 is 2.41 bits per heavy atom. The molecule has 0 aliphatic heterocycles. The van der Waals surface area contributed by atoms with Crippen LogP contribution < -0.4 is 4.90 Å². The first-order valence-corrected chi connectivity index (χ1v) is 8.77. The number of nitrogens with zero attached hydrogens (tertiary/aromatic N) is 1. The average molecular weight is 307 g/mol. The van der Waals surface area contributed by atoms with Crippen LogP contribution in [0, 0.1) is 18.2 Å². The fourth-order valence-corrected chi connectivity index (χ4v) is 2.71. The second-order valence-corrected chi connectivity index (χ2v) is 7.78. The van der Waals surface area contributed by atoms with E-state index in [1.54, 1.807) is 6.07 Å². The summed E-state index contributed by atoms with van der Waals surface area (Å²) >= 11 is 0. The summed E-state index contributed by atoms with van der Waals surface area (Å²) in [6.45, 7) is 14.3. The van der Waals surface area contributed by atoms with Crippen molar-refractivity contribution in [3.8, 4) is 0 Å². The van der Waals surface area contributed by atoms with Gasteiger partial charge in [-0.05, 0) is 55.9 Å². The summed E-state index contributed by atoms with van der Waals surface area (Å²) in [5, 5.41) is 0. The normalized spacial score (nSPS) is 13.2. The molecular weight excluding hydrogens is 273 g/mol. The predicted molar refractivity (Wildman–Crippen MR) is 96.2 cm³/mol.